The monoisotopic (exact) mass is 401 g/mol. The lowest BCUT2D eigenvalue weighted by atomic mass is 10.1. The van der Waals surface area contributed by atoms with Gasteiger partial charge >= 0.3 is 5.97 Å². The summed E-state index contributed by atoms with van der Waals surface area (Å²) in [6.45, 7) is 2.42. The Bertz CT molecular complexity index is 1060. The van der Waals surface area contributed by atoms with E-state index in [2.05, 4.69) is 10.1 Å². The number of aryl methyl sites for hydroxylation is 1. The van der Waals surface area contributed by atoms with Crippen LogP contribution in [0.5, 0.6) is 5.75 Å². The zero-order chi connectivity index (χ0) is 20.1. The lowest BCUT2D eigenvalue weighted by molar-refractivity contribution is 0.0462. The summed E-state index contributed by atoms with van der Waals surface area (Å²) in [7, 11) is 1.58. The Hall–Kier alpha value is -2.93. The zero-order valence-corrected chi connectivity index (χ0v) is 16.4. The summed E-state index contributed by atoms with van der Waals surface area (Å²) in [5, 5.41) is 5.17. The first-order chi connectivity index (χ1) is 13.5. The minimum absolute atomic E-state index is 0.0532. The van der Waals surface area contributed by atoms with Gasteiger partial charge in [0.2, 0.25) is 0 Å². The topological polar surface area (TPSA) is 83.3 Å². The van der Waals surface area contributed by atoms with Gasteiger partial charge in [-0.2, -0.15) is 5.10 Å². The van der Waals surface area contributed by atoms with Crippen molar-refractivity contribution >= 4 is 28.5 Å². The number of nitrogens with zero attached hydrogens (tertiary/aromatic N) is 3. The van der Waals surface area contributed by atoms with Gasteiger partial charge in [0, 0.05) is 29.6 Å². The van der Waals surface area contributed by atoms with Gasteiger partial charge in [-0.1, -0.05) is 24.9 Å². The van der Waals surface area contributed by atoms with Crippen molar-refractivity contribution in [2.75, 3.05) is 7.11 Å². The molecule has 0 saturated carbocycles. The second-order valence-corrected chi connectivity index (χ2v) is 6.56. The van der Waals surface area contributed by atoms with Crippen LogP contribution in [0, 0.1) is 0 Å². The molecule has 0 saturated heterocycles. The Morgan fingerprint density at radius 2 is 2.04 bits per heavy atom. The summed E-state index contributed by atoms with van der Waals surface area (Å²) >= 11 is 6.23. The van der Waals surface area contributed by atoms with Crippen LogP contribution in [0.15, 0.2) is 41.2 Å². The van der Waals surface area contributed by atoms with E-state index in [-0.39, 0.29) is 23.0 Å². The molecule has 28 heavy (non-hydrogen) atoms. The molecule has 8 heteroatoms. The van der Waals surface area contributed by atoms with Gasteiger partial charge < -0.3 is 9.47 Å². The summed E-state index contributed by atoms with van der Waals surface area (Å²) in [6.07, 6.45) is 1.72. The SMILES string of the molecule is CCCCn1nc(C(=O)OCc2cc3ccc(OC)cc3nc2Cl)ccc1=O. The van der Waals surface area contributed by atoms with Gasteiger partial charge in [-0.3, -0.25) is 4.79 Å². The number of hydrogen-bond donors (Lipinski definition) is 0. The number of aromatic nitrogens is 3. The van der Waals surface area contributed by atoms with Gasteiger partial charge in [0.1, 0.15) is 17.5 Å². The first kappa shape index (κ1) is 19.8. The number of carbonyl (C=O) groups is 1. The lowest BCUT2D eigenvalue weighted by Gasteiger charge is -2.09. The normalized spacial score (nSPS) is 10.8. The molecule has 1 aromatic carbocycles. The molecule has 3 aromatic rings. The van der Waals surface area contributed by atoms with Crippen LogP contribution in [0.4, 0.5) is 0 Å². The summed E-state index contributed by atoms with van der Waals surface area (Å²) < 4.78 is 11.8. The molecule has 0 bridgehead atoms. The van der Waals surface area contributed by atoms with Crippen molar-refractivity contribution in [1.82, 2.24) is 14.8 Å². The number of pyridine rings is 1. The summed E-state index contributed by atoms with van der Waals surface area (Å²) in [4.78, 5) is 28.5. The summed E-state index contributed by atoms with van der Waals surface area (Å²) in [5.74, 6) is 0.0515. The minimum atomic E-state index is -0.629. The molecule has 146 valence electrons. The first-order valence-electron chi connectivity index (χ1n) is 8.90. The third-order valence-corrected chi connectivity index (χ3v) is 4.54. The largest absolute Gasteiger partial charge is 0.497 e. The zero-order valence-electron chi connectivity index (χ0n) is 15.6. The molecular formula is C20H20ClN3O4. The Balaban J connectivity index is 1.75. The van der Waals surface area contributed by atoms with E-state index in [4.69, 9.17) is 21.1 Å². The molecule has 3 rings (SSSR count). The second-order valence-electron chi connectivity index (χ2n) is 6.21. The minimum Gasteiger partial charge on any atom is -0.497 e. The fourth-order valence-electron chi connectivity index (χ4n) is 2.64. The van der Waals surface area contributed by atoms with Crippen molar-refractivity contribution < 1.29 is 14.3 Å². The number of ether oxygens (including phenoxy) is 2. The van der Waals surface area contributed by atoms with E-state index in [1.165, 1.54) is 16.8 Å². The van der Waals surface area contributed by atoms with Crippen molar-refractivity contribution in [3.63, 3.8) is 0 Å². The summed E-state index contributed by atoms with van der Waals surface area (Å²) in [5.41, 5.74) is 1.09. The number of hydrogen-bond acceptors (Lipinski definition) is 6. The third-order valence-electron chi connectivity index (χ3n) is 4.21. The highest BCUT2D eigenvalue weighted by Crippen LogP contribution is 2.24. The molecule has 0 N–H and O–H groups in total. The molecule has 0 aliphatic heterocycles. The molecule has 2 aromatic heterocycles. The molecule has 0 radical (unpaired) electrons. The number of fused-ring (bicyclic) bond motifs is 1. The molecule has 0 unspecified atom stereocenters. The maximum Gasteiger partial charge on any atom is 0.359 e. The Morgan fingerprint density at radius 3 is 2.79 bits per heavy atom. The average Bonchev–Trinajstić information content (AvgIpc) is 2.70. The first-order valence-corrected chi connectivity index (χ1v) is 9.28. The summed E-state index contributed by atoms with van der Waals surface area (Å²) in [6, 6.07) is 9.94. The molecule has 0 fully saturated rings. The second kappa shape index (κ2) is 8.84. The fraction of sp³-hybridized carbons (Fsp3) is 0.300. The highest BCUT2D eigenvalue weighted by molar-refractivity contribution is 6.30. The van der Waals surface area contributed by atoms with Crippen LogP contribution in [-0.4, -0.2) is 27.8 Å². The molecule has 0 amide bonds. The fourth-order valence-corrected chi connectivity index (χ4v) is 2.84. The maximum atomic E-state index is 12.3. The number of carbonyl (C=O) groups excluding carboxylic acids is 1. The Labute approximate surface area is 166 Å². The number of methoxy groups -OCH3 is 1. The number of rotatable bonds is 7. The van der Waals surface area contributed by atoms with E-state index in [9.17, 15) is 9.59 Å². The van der Waals surface area contributed by atoms with Gasteiger partial charge in [-0.25, -0.2) is 14.5 Å². The van der Waals surface area contributed by atoms with Crippen LogP contribution in [0.3, 0.4) is 0 Å². The molecule has 2 heterocycles. The highest BCUT2D eigenvalue weighted by atomic mass is 35.5. The van der Waals surface area contributed by atoms with Gasteiger partial charge in [0.15, 0.2) is 5.69 Å². The lowest BCUT2D eigenvalue weighted by Crippen LogP contribution is -2.25. The van der Waals surface area contributed by atoms with E-state index in [0.29, 0.717) is 23.4 Å². The van der Waals surface area contributed by atoms with E-state index in [1.807, 2.05) is 25.1 Å². The van der Waals surface area contributed by atoms with Gasteiger partial charge in [-0.05, 0) is 30.7 Å². The van der Waals surface area contributed by atoms with Crippen molar-refractivity contribution in [1.29, 1.82) is 0 Å². The van der Waals surface area contributed by atoms with Crippen LogP contribution in [0.1, 0.15) is 35.8 Å². The van der Waals surface area contributed by atoms with E-state index < -0.39 is 5.97 Å². The Kier molecular flexibility index (Phi) is 6.26. The van der Waals surface area contributed by atoms with E-state index in [0.717, 1.165) is 18.2 Å². The number of esters is 1. The van der Waals surface area contributed by atoms with Crippen molar-refractivity contribution in [2.24, 2.45) is 0 Å². The molecule has 0 aliphatic carbocycles. The quantitative estimate of drug-likeness (QED) is 0.444. The highest BCUT2D eigenvalue weighted by Gasteiger charge is 2.13. The predicted molar refractivity (Wildman–Crippen MR) is 106 cm³/mol. The molecule has 0 spiro atoms. The Morgan fingerprint density at radius 1 is 1.21 bits per heavy atom. The van der Waals surface area contributed by atoms with Crippen molar-refractivity contribution in [2.45, 2.75) is 32.9 Å². The van der Waals surface area contributed by atoms with Crippen LogP contribution < -0.4 is 10.3 Å². The smallest absolute Gasteiger partial charge is 0.359 e. The van der Waals surface area contributed by atoms with Crippen LogP contribution in [0.2, 0.25) is 5.15 Å². The molecule has 0 atom stereocenters. The standard InChI is InChI=1S/C20H20ClN3O4/c1-3-4-9-24-18(25)8-7-16(23-24)20(26)28-12-14-10-13-5-6-15(27-2)11-17(13)22-19(14)21/h5-8,10-11H,3-4,9,12H2,1-2H3. The molecule has 0 aliphatic rings. The van der Waals surface area contributed by atoms with Crippen LogP contribution >= 0.6 is 11.6 Å². The van der Waals surface area contributed by atoms with E-state index in [1.54, 1.807) is 13.2 Å². The third kappa shape index (κ3) is 4.48. The van der Waals surface area contributed by atoms with Gasteiger partial charge in [0.05, 0.1) is 12.6 Å². The predicted octanol–water partition coefficient (Wildman–Crippen LogP) is 3.61. The van der Waals surface area contributed by atoms with Crippen LogP contribution in [0.25, 0.3) is 10.9 Å². The van der Waals surface area contributed by atoms with Crippen molar-refractivity contribution in [3.05, 3.63) is 63.2 Å². The van der Waals surface area contributed by atoms with E-state index >= 15 is 0 Å². The number of halogens is 1. The van der Waals surface area contributed by atoms with Crippen molar-refractivity contribution in [3.8, 4) is 5.75 Å². The number of benzene rings is 1. The maximum absolute atomic E-state index is 12.3. The number of unbranched alkanes of at least 4 members (excludes halogenated alkanes) is 1. The van der Waals surface area contributed by atoms with Crippen LogP contribution in [-0.2, 0) is 17.9 Å². The molecular weight excluding hydrogens is 382 g/mol. The van der Waals surface area contributed by atoms with Gasteiger partial charge in [-0.15, -0.1) is 0 Å². The average molecular weight is 402 g/mol. The van der Waals surface area contributed by atoms with Gasteiger partial charge in [0.25, 0.3) is 5.56 Å². The molecule has 7 nitrogen and oxygen atoms in total.